The van der Waals surface area contributed by atoms with Crippen molar-refractivity contribution in [1.82, 2.24) is 0 Å². The average Bonchev–Trinajstić information content (AvgIpc) is 2.25. The van der Waals surface area contributed by atoms with Crippen LogP contribution in [-0.2, 0) is 4.79 Å². The molecule has 1 aromatic rings. The van der Waals surface area contributed by atoms with E-state index in [1.54, 1.807) is 32.9 Å². The fourth-order valence-corrected chi connectivity index (χ4v) is 1.29. The monoisotopic (exact) mass is 255 g/mol. The lowest BCUT2D eigenvalue weighted by atomic mass is 9.95. The molecule has 0 aliphatic carbocycles. The lowest BCUT2D eigenvalue weighted by Gasteiger charge is -2.19. The molecule has 1 unspecified atom stereocenters. The smallest absolute Gasteiger partial charge is 0.312 e. The molecule has 0 heterocycles. The summed E-state index contributed by atoms with van der Waals surface area (Å²) in [7, 11) is 0. The van der Waals surface area contributed by atoms with E-state index in [1.807, 2.05) is 0 Å². The lowest BCUT2D eigenvalue weighted by Crippen LogP contribution is -2.30. The molecule has 0 fully saturated rings. The van der Waals surface area contributed by atoms with Crippen molar-refractivity contribution in [2.75, 3.05) is 6.61 Å². The van der Waals surface area contributed by atoms with Crippen LogP contribution in [0.2, 0.25) is 0 Å². The summed E-state index contributed by atoms with van der Waals surface area (Å²) in [5.74, 6) is -1.11. The van der Waals surface area contributed by atoms with E-state index in [4.69, 9.17) is 15.6 Å². The van der Waals surface area contributed by atoms with Crippen LogP contribution < -0.4 is 10.5 Å². The van der Waals surface area contributed by atoms with Crippen molar-refractivity contribution < 1.29 is 19.0 Å². The number of halogens is 1. The SMILES string of the molecule is CC(N)c1ccc(OCC(C)(C)C(=O)O)cc1F. The number of hydrogen-bond acceptors (Lipinski definition) is 3. The Morgan fingerprint density at radius 1 is 1.56 bits per heavy atom. The Balaban J connectivity index is 2.76. The normalized spacial score (nSPS) is 13.2. The predicted octanol–water partition coefficient (Wildman–Crippen LogP) is 2.33. The van der Waals surface area contributed by atoms with Crippen LogP contribution in [0.3, 0.4) is 0 Å². The van der Waals surface area contributed by atoms with Crippen molar-refractivity contribution in [3.8, 4) is 5.75 Å². The van der Waals surface area contributed by atoms with Crippen molar-refractivity contribution >= 4 is 5.97 Å². The summed E-state index contributed by atoms with van der Waals surface area (Å²) in [6.45, 7) is 4.75. The van der Waals surface area contributed by atoms with Crippen LogP contribution in [0.15, 0.2) is 18.2 Å². The zero-order valence-corrected chi connectivity index (χ0v) is 10.7. The summed E-state index contributed by atoms with van der Waals surface area (Å²) < 4.78 is 18.9. The second kappa shape index (κ2) is 5.35. The van der Waals surface area contributed by atoms with E-state index in [1.165, 1.54) is 6.07 Å². The third-order valence-electron chi connectivity index (χ3n) is 2.64. The van der Waals surface area contributed by atoms with E-state index in [2.05, 4.69) is 0 Å². The molecule has 1 atom stereocenters. The van der Waals surface area contributed by atoms with E-state index >= 15 is 0 Å². The van der Waals surface area contributed by atoms with E-state index in [9.17, 15) is 9.18 Å². The maximum atomic E-state index is 13.6. The molecule has 100 valence electrons. The molecule has 0 aliphatic heterocycles. The molecule has 0 radical (unpaired) electrons. The van der Waals surface area contributed by atoms with Gasteiger partial charge in [0.25, 0.3) is 0 Å². The minimum Gasteiger partial charge on any atom is -0.492 e. The van der Waals surface area contributed by atoms with E-state index < -0.39 is 23.2 Å². The van der Waals surface area contributed by atoms with Gasteiger partial charge in [-0.25, -0.2) is 4.39 Å². The number of aliphatic carboxylic acids is 1. The van der Waals surface area contributed by atoms with Crippen LogP contribution in [-0.4, -0.2) is 17.7 Å². The minimum absolute atomic E-state index is 0.0285. The van der Waals surface area contributed by atoms with Gasteiger partial charge in [0.2, 0.25) is 0 Å². The number of ether oxygens (including phenoxy) is 1. The first-order valence-corrected chi connectivity index (χ1v) is 5.65. The summed E-state index contributed by atoms with van der Waals surface area (Å²) in [6.07, 6.45) is 0. The molecule has 0 bridgehead atoms. The Morgan fingerprint density at radius 3 is 2.61 bits per heavy atom. The largest absolute Gasteiger partial charge is 0.492 e. The third-order valence-corrected chi connectivity index (χ3v) is 2.64. The van der Waals surface area contributed by atoms with Gasteiger partial charge in [-0.1, -0.05) is 6.07 Å². The van der Waals surface area contributed by atoms with Crippen molar-refractivity contribution in [3.63, 3.8) is 0 Å². The van der Waals surface area contributed by atoms with Gasteiger partial charge in [-0.15, -0.1) is 0 Å². The highest BCUT2D eigenvalue weighted by Gasteiger charge is 2.28. The molecule has 0 saturated heterocycles. The summed E-state index contributed by atoms with van der Waals surface area (Å²) in [4.78, 5) is 10.9. The van der Waals surface area contributed by atoms with Crippen molar-refractivity contribution in [1.29, 1.82) is 0 Å². The van der Waals surface area contributed by atoms with Crippen molar-refractivity contribution in [3.05, 3.63) is 29.6 Å². The summed E-state index contributed by atoms with van der Waals surface area (Å²) >= 11 is 0. The van der Waals surface area contributed by atoms with Crippen LogP contribution in [0.4, 0.5) is 4.39 Å². The first kappa shape index (κ1) is 14.4. The number of benzene rings is 1. The first-order valence-electron chi connectivity index (χ1n) is 5.65. The van der Waals surface area contributed by atoms with Gasteiger partial charge in [0.1, 0.15) is 18.2 Å². The number of carboxylic acid groups (broad SMARTS) is 1. The van der Waals surface area contributed by atoms with Gasteiger partial charge >= 0.3 is 5.97 Å². The highest BCUT2D eigenvalue weighted by molar-refractivity contribution is 5.73. The van der Waals surface area contributed by atoms with E-state index in [0.29, 0.717) is 11.3 Å². The van der Waals surface area contributed by atoms with Crippen LogP contribution in [0.25, 0.3) is 0 Å². The zero-order chi connectivity index (χ0) is 13.9. The number of carboxylic acids is 1. The Kier molecular flexibility index (Phi) is 4.29. The highest BCUT2D eigenvalue weighted by Crippen LogP contribution is 2.23. The van der Waals surface area contributed by atoms with Gasteiger partial charge in [0.15, 0.2) is 0 Å². The average molecular weight is 255 g/mol. The Hall–Kier alpha value is -1.62. The zero-order valence-electron chi connectivity index (χ0n) is 10.7. The minimum atomic E-state index is -1.02. The second-order valence-corrected chi connectivity index (χ2v) is 4.95. The Labute approximate surface area is 106 Å². The molecule has 0 aromatic heterocycles. The molecule has 0 aliphatic rings. The molecule has 0 amide bonds. The number of carbonyl (C=O) groups is 1. The van der Waals surface area contributed by atoms with Crippen molar-refractivity contribution in [2.24, 2.45) is 11.1 Å². The highest BCUT2D eigenvalue weighted by atomic mass is 19.1. The van der Waals surface area contributed by atoms with Gasteiger partial charge in [-0.3, -0.25) is 4.79 Å². The third kappa shape index (κ3) is 3.43. The fraction of sp³-hybridized carbons (Fsp3) is 0.462. The van der Waals surface area contributed by atoms with Gasteiger partial charge in [0.05, 0.1) is 5.41 Å². The van der Waals surface area contributed by atoms with Gasteiger partial charge < -0.3 is 15.6 Å². The standard InChI is InChI=1S/C13H18FNO3/c1-8(15)10-5-4-9(6-11(10)14)18-7-13(2,3)12(16)17/h4-6,8H,7,15H2,1-3H3,(H,16,17). The fourth-order valence-electron chi connectivity index (χ4n) is 1.29. The first-order chi connectivity index (χ1) is 8.24. The Morgan fingerprint density at radius 2 is 2.17 bits per heavy atom. The summed E-state index contributed by atoms with van der Waals surface area (Å²) in [6, 6.07) is 3.95. The summed E-state index contributed by atoms with van der Waals surface area (Å²) in [5, 5.41) is 8.92. The molecule has 1 rings (SSSR count). The van der Waals surface area contributed by atoms with Gasteiger partial charge in [0, 0.05) is 17.7 Å². The summed E-state index contributed by atoms with van der Waals surface area (Å²) in [5.41, 5.74) is 4.97. The lowest BCUT2D eigenvalue weighted by molar-refractivity contribution is -0.148. The molecule has 3 N–H and O–H groups in total. The molecule has 0 spiro atoms. The number of hydrogen-bond donors (Lipinski definition) is 2. The van der Waals surface area contributed by atoms with Crippen LogP contribution in [0, 0.1) is 11.2 Å². The maximum absolute atomic E-state index is 13.6. The molecule has 1 aromatic carbocycles. The van der Waals surface area contributed by atoms with Crippen LogP contribution >= 0.6 is 0 Å². The predicted molar refractivity (Wildman–Crippen MR) is 65.9 cm³/mol. The van der Waals surface area contributed by atoms with Crippen molar-refractivity contribution in [2.45, 2.75) is 26.8 Å². The molecule has 4 nitrogen and oxygen atoms in total. The molecular formula is C13H18FNO3. The van der Waals surface area contributed by atoms with Crippen LogP contribution in [0.5, 0.6) is 5.75 Å². The quantitative estimate of drug-likeness (QED) is 0.847. The molecule has 18 heavy (non-hydrogen) atoms. The maximum Gasteiger partial charge on any atom is 0.312 e. The molecular weight excluding hydrogens is 237 g/mol. The van der Waals surface area contributed by atoms with Crippen LogP contribution in [0.1, 0.15) is 32.4 Å². The molecule has 0 saturated carbocycles. The Bertz CT molecular complexity index is 444. The van der Waals surface area contributed by atoms with Gasteiger partial charge in [-0.05, 0) is 26.8 Å². The van der Waals surface area contributed by atoms with Gasteiger partial charge in [-0.2, -0.15) is 0 Å². The molecule has 5 heteroatoms. The topological polar surface area (TPSA) is 72.5 Å². The second-order valence-electron chi connectivity index (χ2n) is 4.95. The number of rotatable bonds is 5. The van der Waals surface area contributed by atoms with E-state index in [0.717, 1.165) is 0 Å². The van der Waals surface area contributed by atoms with E-state index in [-0.39, 0.29) is 6.61 Å². The number of nitrogens with two attached hydrogens (primary N) is 1.